The Hall–Kier alpha value is -1.68. The topological polar surface area (TPSA) is 52.9 Å². The predicted octanol–water partition coefficient (Wildman–Crippen LogP) is 2.15. The molecule has 0 bridgehead atoms. The molecule has 0 spiro atoms. The third kappa shape index (κ3) is 1.82. The van der Waals surface area contributed by atoms with Crippen molar-refractivity contribution in [2.24, 2.45) is 0 Å². The van der Waals surface area contributed by atoms with Crippen LogP contribution in [-0.4, -0.2) is 36.0 Å². The lowest BCUT2D eigenvalue weighted by atomic mass is 9.91. The molecule has 0 aromatic heterocycles. The first kappa shape index (κ1) is 12.8. The van der Waals surface area contributed by atoms with E-state index in [9.17, 15) is 10.2 Å². The fraction of sp³-hybridized carbons (Fsp3) is 0.429. The van der Waals surface area contributed by atoms with E-state index in [1.807, 2.05) is 36.2 Å². The molecule has 4 nitrogen and oxygen atoms in total. The van der Waals surface area contributed by atoms with Crippen molar-refractivity contribution in [2.45, 2.75) is 25.5 Å². The molecule has 1 aromatic rings. The van der Waals surface area contributed by atoms with E-state index in [0.717, 1.165) is 11.3 Å². The van der Waals surface area contributed by atoms with E-state index in [0.29, 0.717) is 5.57 Å². The van der Waals surface area contributed by atoms with Crippen molar-refractivity contribution in [1.29, 1.82) is 0 Å². The van der Waals surface area contributed by atoms with E-state index >= 15 is 0 Å². The Morgan fingerprint density at radius 2 is 1.94 bits per heavy atom. The second-order valence-electron chi connectivity index (χ2n) is 5.11. The van der Waals surface area contributed by atoms with Gasteiger partial charge in [-0.2, -0.15) is 0 Å². The van der Waals surface area contributed by atoms with Crippen LogP contribution < -0.4 is 4.90 Å². The third-order valence-corrected chi connectivity index (χ3v) is 3.33. The van der Waals surface area contributed by atoms with Crippen LogP contribution in [0.4, 0.5) is 5.69 Å². The first-order chi connectivity index (χ1) is 8.38. The number of likely N-dealkylation sites (N-methyl/N-ethyl adjacent to an activating group) is 1. The van der Waals surface area contributed by atoms with Gasteiger partial charge in [-0.1, -0.05) is 18.2 Å². The molecule has 0 unspecified atom stereocenters. The number of nitrogens with zero attached hydrogens (tertiary/aromatic N) is 1. The molecule has 0 fully saturated rings. The first-order valence-electron chi connectivity index (χ1n) is 5.89. The highest BCUT2D eigenvalue weighted by Gasteiger charge is 2.43. The lowest BCUT2D eigenvalue weighted by Gasteiger charge is -2.33. The van der Waals surface area contributed by atoms with Crippen LogP contribution in [0.5, 0.6) is 0 Å². The minimum absolute atomic E-state index is 0.140. The smallest absolute Gasteiger partial charge is 0.282 e. The summed E-state index contributed by atoms with van der Waals surface area (Å²) < 4.78 is 4.96. The SMILES string of the molecule is CO/C(O)=C1/c2ccccc2N(C)[C@H]1C(C)(C)O. The first-order valence-corrected chi connectivity index (χ1v) is 5.89. The molecular weight excluding hydrogens is 230 g/mol. The number of hydrogen-bond acceptors (Lipinski definition) is 4. The number of ether oxygens (including phenoxy) is 1. The van der Waals surface area contributed by atoms with E-state index in [2.05, 4.69) is 0 Å². The number of aliphatic hydroxyl groups excluding tert-OH is 1. The van der Waals surface area contributed by atoms with Gasteiger partial charge < -0.3 is 19.8 Å². The summed E-state index contributed by atoms with van der Waals surface area (Å²) in [6.45, 7) is 3.45. The zero-order chi connectivity index (χ0) is 13.5. The van der Waals surface area contributed by atoms with Crippen LogP contribution in [0.15, 0.2) is 30.2 Å². The van der Waals surface area contributed by atoms with Crippen LogP contribution in [0.3, 0.4) is 0 Å². The molecule has 1 atom stereocenters. The molecule has 1 aromatic carbocycles. The van der Waals surface area contributed by atoms with Crippen molar-refractivity contribution >= 4 is 11.3 Å². The number of para-hydroxylation sites is 1. The summed E-state index contributed by atoms with van der Waals surface area (Å²) in [4.78, 5) is 1.96. The standard InChI is InChI=1S/C14H19NO3/c1-14(2,17)12-11(13(16)18-4)9-7-5-6-8-10(9)15(12)3/h5-8,12,16-17H,1-4H3/b13-11-/t12-/m1/s1. The molecule has 1 heterocycles. The molecule has 0 amide bonds. The molecule has 0 saturated heterocycles. The molecule has 0 saturated carbocycles. The largest absolute Gasteiger partial charge is 0.481 e. The van der Waals surface area contributed by atoms with Gasteiger partial charge in [-0.05, 0) is 19.9 Å². The van der Waals surface area contributed by atoms with E-state index in [-0.39, 0.29) is 12.0 Å². The Kier molecular flexibility index (Phi) is 2.99. The van der Waals surface area contributed by atoms with Crippen molar-refractivity contribution in [3.63, 3.8) is 0 Å². The number of rotatable bonds is 2. The van der Waals surface area contributed by atoms with Crippen molar-refractivity contribution in [3.8, 4) is 0 Å². The second-order valence-corrected chi connectivity index (χ2v) is 5.11. The van der Waals surface area contributed by atoms with Gasteiger partial charge in [-0.15, -0.1) is 0 Å². The number of hydrogen-bond donors (Lipinski definition) is 2. The Bertz CT molecular complexity index is 488. The third-order valence-electron chi connectivity index (χ3n) is 3.33. The van der Waals surface area contributed by atoms with Crippen molar-refractivity contribution in [3.05, 3.63) is 35.8 Å². The van der Waals surface area contributed by atoms with Gasteiger partial charge in [0.2, 0.25) is 0 Å². The Morgan fingerprint density at radius 1 is 1.33 bits per heavy atom. The van der Waals surface area contributed by atoms with E-state index in [4.69, 9.17) is 4.74 Å². The summed E-state index contributed by atoms with van der Waals surface area (Å²) in [5.74, 6) is -0.140. The van der Waals surface area contributed by atoms with Gasteiger partial charge >= 0.3 is 0 Å². The Labute approximate surface area is 107 Å². The maximum absolute atomic E-state index is 10.3. The van der Waals surface area contributed by atoms with Gasteiger partial charge in [-0.3, -0.25) is 0 Å². The highest BCUT2D eigenvalue weighted by Crippen LogP contribution is 2.44. The van der Waals surface area contributed by atoms with Gasteiger partial charge in [0.25, 0.3) is 5.95 Å². The lowest BCUT2D eigenvalue weighted by molar-refractivity contribution is 0.0653. The molecule has 1 aliphatic rings. The van der Waals surface area contributed by atoms with Crippen molar-refractivity contribution in [2.75, 3.05) is 19.1 Å². The van der Waals surface area contributed by atoms with Gasteiger partial charge in [-0.25, -0.2) is 0 Å². The molecule has 18 heavy (non-hydrogen) atoms. The number of fused-ring (bicyclic) bond motifs is 1. The van der Waals surface area contributed by atoms with Crippen LogP contribution >= 0.6 is 0 Å². The molecular formula is C14H19NO3. The van der Waals surface area contributed by atoms with Gasteiger partial charge in [0.05, 0.1) is 24.3 Å². The summed E-state index contributed by atoms with van der Waals surface area (Å²) in [5.41, 5.74) is 1.51. The quantitative estimate of drug-likeness (QED) is 0.789. The highest BCUT2D eigenvalue weighted by atomic mass is 16.6. The van der Waals surface area contributed by atoms with Crippen molar-refractivity contribution in [1.82, 2.24) is 0 Å². The summed E-state index contributed by atoms with van der Waals surface area (Å²) in [7, 11) is 3.32. The fourth-order valence-corrected chi connectivity index (χ4v) is 2.66. The Balaban J connectivity index is 2.66. The number of anilines is 1. The summed E-state index contributed by atoms with van der Waals surface area (Å²) in [6.07, 6.45) is 0. The Morgan fingerprint density at radius 3 is 2.50 bits per heavy atom. The minimum Gasteiger partial charge on any atom is -0.481 e. The predicted molar refractivity (Wildman–Crippen MR) is 71.5 cm³/mol. The highest BCUT2D eigenvalue weighted by molar-refractivity contribution is 5.88. The number of benzene rings is 1. The zero-order valence-corrected chi connectivity index (χ0v) is 11.1. The molecule has 4 heteroatoms. The number of aliphatic hydroxyl groups is 2. The van der Waals surface area contributed by atoms with Gasteiger partial charge in [0, 0.05) is 18.3 Å². The van der Waals surface area contributed by atoms with Crippen LogP contribution in [0, 0.1) is 0 Å². The second kappa shape index (κ2) is 4.21. The van der Waals surface area contributed by atoms with Crippen LogP contribution in [-0.2, 0) is 4.74 Å². The molecule has 0 aliphatic carbocycles. The average molecular weight is 249 g/mol. The molecule has 98 valence electrons. The molecule has 2 rings (SSSR count). The minimum atomic E-state index is -0.990. The van der Waals surface area contributed by atoms with E-state index in [1.54, 1.807) is 13.8 Å². The summed E-state index contributed by atoms with van der Waals surface area (Å²) in [5, 5.41) is 20.3. The van der Waals surface area contributed by atoms with Gasteiger partial charge in [0.15, 0.2) is 0 Å². The van der Waals surface area contributed by atoms with Crippen molar-refractivity contribution < 1.29 is 14.9 Å². The maximum atomic E-state index is 10.3. The van der Waals surface area contributed by atoms with E-state index in [1.165, 1.54) is 7.11 Å². The average Bonchev–Trinajstić information content (AvgIpc) is 2.62. The normalized spacial score (nSPS) is 21.8. The summed E-state index contributed by atoms with van der Waals surface area (Å²) >= 11 is 0. The number of methoxy groups -OCH3 is 1. The van der Waals surface area contributed by atoms with Crippen LogP contribution in [0.25, 0.3) is 5.57 Å². The zero-order valence-electron chi connectivity index (χ0n) is 11.1. The van der Waals surface area contributed by atoms with E-state index < -0.39 is 5.60 Å². The molecule has 0 radical (unpaired) electrons. The molecule has 2 N–H and O–H groups in total. The fourth-order valence-electron chi connectivity index (χ4n) is 2.66. The summed E-state index contributed by atoms with van der Waals surface area (Å²) in [6, 6.07) is 7.38. The molecule has 1 aliphatic heterocycles. The maximum Gasteiger partial charge on any atom is 0.282 e. The lowest BCUT2D eigenvalue weighted by Crippen LogP contribution is -2.45. The van der Waals surface area contributed by atoms with Crippen LogP contribution in [0.1, 0.15) is 19.4 Å². The van der Waals surface area contributed by atoms with Gasteiger partial charge in [0.1, 0.15) is 0 Å². The monoisotopic (exact) mass is 249 g/mol. The van der Waals surface area contributed by atoms with Crippen LogP contribution in [0.2, 0.25) is 0 Å².